The van der Waals surface area contributed by atoms with E-state index < -0.39 is 5.60 Å². The van der Waals surface area contributed by atoms with Crippen molar-refractivity contribution in [3.05, 3.63) is 39.8 Å². The number of carbonyl (C=O) groups is 1. The van der Waals surface area contributed by atoms with E-state index in [1.54, 1.807) is 17.8 Å². The Kier molecular flexibility index (Phi) is 5.03. The Labute approximate surface area is 135 Å². The molecule has 2 N–H and O–H groups in total. The lowest BCUT2D eigenvalue weighted by Gasteiger charge is -2.22. The van der Waals surface area contributed by atoms with Crippen LogP contribution < -0.4 is 5.32 Å². The van der Waals surface area contributed by atoms with Gasteiger partial charge in [0.1, 0.15) is 5.60 Å². The Morgan fingerprint density at radius 2 is 2.27 bits per heavy atom. The molecule has 0 unspecified atom stereocenters. The molecule has 2 heterocycles. The lowest BCUT2D eigenvalue weighted by molar-refractivity contribution is 0.0529. The molecule has 2 rings (SSSR count). The first-order valence-electron chi connectivity index (χ1n) is 7.45. The quantitative estimate of drug-likeness (QED) is 0.859. The SMILES string of the molecule is CCn1cc(C(=O)NC[C@@](C)(O)c2ccsc2)c(C(C)C)n1. The first kappa shape index (κ1) is 16.7. The predicted octanol–water partition coefficient (Wildman–Crippen LogP) is 2.73. The van der Waals surface area contributed by atoms with Gasteiger partial charge in [0.2, 0.25) is 0 Å². The summed E-state index contributed by atoms with van der Waals surface area (Å²) >= 11 is 1.52. The molecule has 2 aromatic rings. The van der Waals surface area contributed by atoms with Crippen molar-refractivity contribution in [1.29, 1.82) is 0 Å². The van der Waals surface area contributed by atoms with E-state index in [1.807, 2.05) is 37.6 Å². The number of amides is 1. The highest BCUT2D eigenvalue weighted by atomic mass is 32.1. The third-order valence-corrected chi connectivity index (χ3v) is 4.33. The Hall–Kier alpha value is -1.66. The van der Waals surface area contributed by atoms with Gasteiger partial charge in [0, 0.05) is 12.7 Å². The molecule has 1 amide bonds. The van der Waals surface area contributed by atoms with Gasteiger partial charge < -0.3 is 10.4 Å². The Morgan fingerprint density at radius 1 is 1.55 bits per heavy atom. The van der Waals surface area contributed by atoms with Crippen LogP contribution >= 0.6 is 11.3 Å². The largest absolute Gasteiger partial charge is 0.384 e. The van der Waals surface area contributed by atoms with Gasteiger partial charge in [0.05, 0.1) is 17.8 Å². The van der Waals surface area contributed by atoms with Crippen molar-refractivity contribution in [2.24, 2.45) is 0 Å². The number of thiophene rings is 1. The second-order valence-electron chi connectivity index (χ2n) is 5.91. The minimum Gasteiger partial charge on any atom is -0.384 e. The maximum absolute atomic E-state index is 12.4. The minimum atomic E-state index is -1.07. The first-order chi connectivity index (χ1) is 10.3. The molecule has 0 radical (unpaired) electrons. The molecule has 0 saturated carbocycles. The maximum atomic E-state index is 12.4. The first-order valence-corrected chi connectivity index (χ1v) is 8.40. The average molecular weight is 321 g/mol. The molecule has 0 aromatic carbocycles. The van der Waals surface area contributed by atoms with Crippen LogP contribution in [-0.4, -0.2) is 27.3 Å². The van der Waals surface area contributed by atoms with Crippen LogP contribution in [0.4, 0.5) is 0 Å². The Bertz CT molecular complexity index is 630. The minimum absolute atomic E-state index is 0.164. The second-order valence-corrected chi connectivity index (χ2v) is 6.69. The third-order valence-electron chi connectivity index (χ3n) is 3.64. The fourth-order valence-corrected chi connectivity index (χ4v) is 3.00. The highest BCUT2D eigenvalue weighted by molar-refractivity contribution is 7.08. The number of aliphatic hydroxyl groups is 1. The number of hydrogen-bond acceptors (Lipinski definition) is 4. The van der Waals surface area contributed by atoms with Gasteiger partial charge in [0.25, 0.3) is 5.91 Å². The highest BCUT2D eigenvalue weighted by Crippen LogP contribution is 2.23. The zero-order chi connectivity index (χ0) is 16.3. The molecule has 0 bridgehead atoms. The topological polar surface area (TPSA) is 67.2 Å². The van der Waals surface area contributed by atoms with E-state index in [0.717, 1.165) is 17.8 Å². The van der Waals surface area contributed by atoms with E-state index in [1.165, 1.54) is 11.3 Å². The molecule has 2 aromatic heterocycles. The summed E-state index contributed by atoms with van der Waals surface area (Å²) in [5, 5.41) is 21.5. The standard InChI is InChI=1S/C16H23N3O2S/c1-5-19-8-13(14(18-19)11(2)3)15(20)17-10-16(4,21)12-6-7-22-9-12/h6-9,11,21H,5,10H2,1-4H3,(H,17,20)/t16-/m1/s1. The normalized spacial score (nSPS) is 14.1. The summed E-state index contributed by atoms with van der Waals surface area (Å²) in [6, 6.07) is 1.87. The maximum Gasteiger partial charge on any atom is 0.254 e. The van der Waals surface area contributed by atoms with E-state index in [9.17, 15) is 9.90 Å². The summed E-state index contributed by atoms with van der Waals surface area (Å²) in [6.45, 7) is 8.60. The molecule has 120 valence electrons. The molecule has 1 atom stereocenters. The number of aromatic nitrogens is 2. The number of carbonyl (C=O) groups excluding carboxylic acids is 1. The summed E-state index contributed by atoms with van der Waals surface area (Å²) < 4.78 is 1.77. The summed E-state index contributed by atoms with van der Waals surface area (Å²) in [5.41, 5.74) is 1.10. The van der Waals surface area contributed by atoms with E-state index in [2.05, 4.69) is 10.4 Å². The van der Waals surface area contributed by atoms with Crippen LogP contribution in [0.5, 0.6) is 0 Å². The van der Waals surface area contributed by atoms with Crippen molar-refractivity contribution in [3.63, 3.8) is 0 Å². The molecular formula is C16H23N3O2S. The van der Waals surface area contributed by atoms with E-state index in [4.69, 9.17) is 0 Å². The van der Waals surface area contributed by atoms with Crippen LogP contribution in [0.2, 0.25) is 0 Å². The Morgan fingerprint density at radius 3 is 2.82 bits per heavy atom. The fourth-order valence-electron chi connectivity index (χ4n) is 2.22. The van der Waals surface area contributed by atoms with Crippen LogP contribution in [0.15, 0.2) is 23.0 Å². The number of hydrogen-bond donors (Lipinski definition) is 2. The lowest BCUT2D eigenvalue weighted by atomic mass is 9.99. The summed E-state index contributed by atoms with van der Waals surface area (Å²) in [4.78, 5) is 12.4. The molecular weight excluding hydrogens is 298 g/mol. The molecule has 22 heavy (non-hydrogen) atoms. The van der Waals surface area contributed by atoms with Gasteiger partial charge in [-0.15, -0.1) is 0 Å². The average Bonchev–Trinajstić information content (AvgIpc) is 3.13. The van der Waals surface area contributed by atoms with Gasteiger partial charge in [-0.2, -0.15) is 16.4 Å². The van der Waals surface area contributed by atoms with Crippen LogP contribution in [0, 0.1) is 0 Å². The molecule has 0 aliphatic carbocycles. The molecule has 5 nitrogen and oxygen atoms in total. The summed E-state index contributed by atoms with van der Waals surface area (Å²) in [6.07, 6.45) is 1.77. The Balaban J connectivity index is 2.11. The summed E-state index contributed by atoms with van der Waals surface area (Å²) in [5.74, 6) is -0.0233. The number of rotatable bonds is 6. The molecule has 0 saturated heterocycles. The van der Waals surface area contributed by atoms with Crippen LogP contribution in [0.3, 0.4) is 0 Å². The van der Waals surface area contributed by atoms with Gasteiger partial charge in [-0.1, -0.05) is 13.8 Å². The van der Waals surface area contributed by atoms with E-state index in [0.29, 0.717) is 5.56 Å². The van der Waals surface area contributed by atoms with Crippen molar-refractivity contribution < 1.29 is 9.90 Å². The van der Waals surface area contributed by atoms with Crippen molar-refractivity contribution in [1.82, 2.24) is 15.1 Å². The van der Waals surface area contributed by atoms with Crippen molar-refractivity contribution >= 4 is 17.2 Å². The van der Waals surface area contributed by atoms with Crippen LogP contribution in [-0.2, 0) is 12.1 Å². The molecule has 0 aliphatic rings. The second kappa shape index (κ2) is 6.62. The van der Waals surface area contributed by atoms with Crippen molar-refractivity contribution in [3.8, 4) is 0 Å². The third kappa shape index (κ3) is 3.56. The van der Waals surface area contributed by atoms with Crippen molar-refractivity contribution in [2.45, 2.75) is 45.8 Å². The van der Waals surface area contributed by atoms with Crippen LogP contribution in [0.25, 0.3) is 0 Å². The smallest absolute Gasteiger partial charge is 0.254 e. The number of aryl methyl sites for hydroxylation is 1. The summed E-state index contributed by atoms with van der Waals surface area (Å²) in [7, 11) is 0. The fraction of sp³-hybridized carbons (Fsp3) is 0.500. The zero-order valence-corrected chi connectivity index (χ0v) is 14.3. The number of nitrogens with one attached hydrogen (secondary N) is 1. The monoisotopic (exact) mass is 321 g/mol. The van der Waals surface area contributed by atoms with Crippen LogP contribution in [0.1, 0.15) is 55.2 Å². The van der Waals surface area contributed by atoms with Gasteiger partial charge in [-0.3, -0.25) is 9.48 Å². The zero-order valence-electron chi connectivity index (χ0n) is 13.5. The lowest BCUT2D eigenvalue weighted by Crippen LogP contribution is -2.38. The van der Waals surface area contributed by atoms with Crippen molar-refractivity contribution in [2.75, 3.05) is 6.54 Å². The molecule has 0 fully saturated rings. The molecule has 6 heteroatoms. The van der Waals surface area contributed by atoms with E-state index >= 15 is 0 Å². The highest BCUT2D eigenvalue weighted by Gasteiger charge is 2.26. The number of nitrogens with zero attached hydrogens (tertiary/aromatic N) is 2. The van der Waals surface area contributed by atoms with Gasteiger partial charge in [-0.25, -0.2) is 0 Å². The van der Waals surface area contributed by atoms with Gasteiger partial charge in [0.15, 0.2) is 0 Å². The van der Waals surface area contributed by atoms with Gasteiger partial charge in [-0.05, 0) is 42.2 Å². The predicted molar refractivity (Wildman–Crippen MR) is 88.2 cm³/mol. The van der Waals surface area contributed by atoms with E-state index in [-0.39, 0.29) is 18.4 Å². The van der Waals surface area contributed by atoms with Gasteiger partial charge >= 0.3 is 0 Å². The molecule has 0 spiro atoms. The molecule has 0 aliphatic heterocycles.